The van der Waals surface area contributed by atoms with Gasteiger partial charge in [0.2, 0.25) is 0 Å². The molecule has 0 unspecified atom stereocenters. The first-order chi connectivity index (χ1) is 12.2. The molecule has 1 heterocycles. The van der Waals surface area contributed by atoms with Gasteiger partial charge in [-0.3, -0.25) is 4.98 Å². The summed E-state index contributed by atoms with van der Waals surface area (Å²) in [5, 5.41) is 6.67. The van der Waals surface area contributed by atoms with Crippen LogP contribution in [0.25, 0.3) is 10.9 Å². The molecule has 0 saturated heterocycles. The van der Waals surface area contributed by atoms with Crippen molar-refractivity contribution >= 4 is 58.8 Å². The molecule has 0 spiro atoms. The highest BCUT2D eigenvalue weighted by atomic mass is 35.5. The highest BCUT2D eigenvalue weighted by Gasteiger charge is 2.07. The van der Waals surface area contributed by atoms with Crippen molar-refractivity contribution in [3.63, 3.8) is 0 Å². The summed E-state index contributed by atoms with van der Waals surface area (Å²) < 4.78 is 0. The van der Waals surface area contributed by atoms with Gasteiger partial charge in [0, 0.05) is 36.0 Å². The van der Waals surface area contributed by atoms with Crippen LogP contribution >= 0.6 is 24.8 Å². The summed E-state index contributed by atoms with van der Waals surface area (Å²) in [7, 11) is 0. The lowest BCUT2D eigenvalue weighted by molar-refractivity contribution is 0.262. The van der Waals surface area contributed by atoms with Crippen LogP contribution in [0.15, 0.2) is 60.8 Å². The Balaban J connectivity index is 0.00000182. The minimum Gasteiger partial charge on any atom is -0.372 e. The number of para-hydroxylation sites is 1. The lowest BCUT2D eigenvalue weighted by Gasteiger charge is -2.21. The van der Waals surface area contributed by atoms with E-state index < -0.39 is 0 Å². The smallest absolute Gasteiger partial charge is 0.323 e. The predicted octanol–water partition coefficient (Wildman–Crippen LogP) is 5.57. The van der Waals surface area contributed by atoms with Gasteiger partial charge < -0.3 is 15.5 Å². The fraction of sp³-hybridized carbons (Fsp3) is 0.200. The number of pyridine rings is 1. The van der Waals surface area contributed by atoms with Crippen molar-refractivity contribution in [3.8, 4) is 0 Å². The Hall–Kier alpha value is -2.50. The van der Waals surface area contributed by atoms with Gasteiger partial charge in [0.05, 0.1) is 11.2 Å². The Morgan fingerprint density at radius 1 is 0.926 bits per heavy atom. The fourth-order valence-electron chi connectivity index (χ4n) is 2.83. The molecule has 0 saturated carbocycles. The maximum Gasteiger partial charge on any atom is 0.323 e. The zero-order valence-electron chi connectivity index (χ0n) is 15.3. The standard InChI is InChI=1S/C20H22N4O.2ClH/c1-3-24(4-2)16-11-9-15(10-12-16)22-20(25)23-19-13-14-21-18-8-6-5-7-17(18)19;;/h5-14H,3-4H2,1-2H3,(H2,21,22,23,25);2*1H. The molecule has 1 aromatic heterocycles. The van der Waals surface area contributed by atoms with Crippen molar-refractivity contribution in [1.82, 2.24) is 4.98 Å². The van der Waals surface area contributed by atoms with E-state index in [1.807, 2.05) is 48.5 Å². The van der Waals surface area contributed by atoms with Crippen molar-refractivity contribution in [1.29, 1.82) is 0 Å². The van der Waals surface area contributed by atoms with Crippen molar-refractivity contribution < 1.29 is 4.79 Å². The van der Waals surface area contributed by atoms with Crippen LogP contribution in [-0.4, -0.2) is 24.1 Å². The van der Waals surface area contributed by atoms with Crippen molar-refractivity contribution in [2.24, 2.45) is 0 Å². The van der Waals surface area contributed by atoms with Gasteiger partial charge in [-0.2, -0.15) is 0 Å². The molecule has 2 amide bonds. The van der Waals surface area contributed by atoms with Crippen LogP contribution in [0.4, 0.5) is 21.9 Å². The Labute approximate surface area is 172 Å². The first kappa shape index (κ1) is 22.5. The molecule has 0 aliphatic carbocycles. The molecular formula is C20H24Cl2N4O. The van der Waals surface area contributed by atoms with Crippen LogP contribution < -0.4 is 15.5 Å². The lowest BCUT2D eigenvalue weighted by Crippen LogP contribution is -2.22. The molecule has 3 aromatic rings. The molecule has 0 atom stereocenters. The predicted molar refractivity (Wildman–Crippen MR) is 119 cm³/mol. The van der Waals surface area contributed by atoms with E-state index in [9.17, 15) is 4.79 Å². The molecule has 0 aliphatic heterocycles. The zero-order valence-corrected chi connectivity index (χ0v) is 16.9. The minimum atomic E-state index is -0.271. The summed E-state index contributed by atoms with van der Waals surface area (Å²) in [4.78, 5) is 18.9. The van der Waals surface area contributed by atoms with Crippen molar-refractivity contribution in [3.05, 3.63) is 60.8 Å². The van der Waals surface area contributed by atoms with E-state index >= 15 is 0 Å². The minimum absolute atomic E-state index is 0. The second-order valence-electron chi connectivity index (χ2n) is 5.67. The van der Waals surface area contributed by atoms with Crippen LogP contribution in [0.1, 0.15) is 13.8 Å². The van der Waals surface area contributed by atoms with Gasteiger partial charge in [0.25, 0.3) is 0 Å². The topological polar surface area (TPSA) is 57.3 Å². The number of hydrogen-bond acceptors (Lipinski definition) is 3. The molecule has 27 heavy (non-hydrogen) atoms. The molecule has 0 aliphatic rings. The van der Waals surface area contributed by atoms with Gasteiger partial charge in [-0.15, -0.1) is 24.8 Å². The summed E-state index contributed by atoms with van der Waals surface area (Å²) in [6.07, 6.45) is 1.69. The van der Waals surface area contributed by atoms with Gasteiger partial charge in [-0.1, -0.05) is 18.2 Å². The number of rotatable bonds is 5. The molecule has 0 fully saturated rings. The largest absolute Gasteiger partial charge is 0.372 e. The molecule has 5 nitrogen and oxygen atoms in total. The van der Waals surface area contributed by atoms with E-state index in [0.717, 1.165) is 41.1 Å². The van der Waals surface area contributed by atoms with Crippen LogP contribution in [0, 0.1) is 0 Å². The van der Waals surface area contributed by atoms with Gasteiger partial charge in [-0.25, -0.2) is 4.79 Å². The number of nitrogens with one attached hydrogen (secondary N) is 2. The Morgan fingerprint density at radius 2 is 1.59 bits per heavy atom. The maximum atomic E-state index is 12.3. The van der Waals surface area contributed by atoms with E-state index in [1.54, 1.807) is 12.3 Å². The number of hydrogen-bond donors (Lipinski definition) is 2. The fourth-order valence-corrected chi connectivity index (χ4v) is 2.83. The molecule has 0 bridgehead atoms. The normalized spacial score (nSPS) is 9.70. The first-order valence-electron chi connectivity index (χ1n) is 8.48. The van der Waals surface area contributed by atoms with Gasteiger partial charge in [0.1, 0.15) is 0 Å². The third-order valence-corrected chi connectivity index (χ3v) is 4.15. The zero-order chi connectivity index (χ0) is 17.6. The number of benzene rings is 2. The van der Waals surface area contributed by atoms with Crippen LogP contribution in [0.3, 0.4) is 0 Å². The molecule has 3 rings (SSSR count). The van der Waals surface area contributed by atoms with Gasteiger partial charge in [0.15, 0.2) is 0 Å². The maximum absolute atomic E-state index is 12.3. The van der Waals surface area contributed by atoms with E-state index in [0.29, 0.717) is 0 Å². The average Bonchev–Trinajstić information content (AvgIpc) is 2.64. The third kappa shape index (κ3) is 5.49. The van der Waals surface area contributed by atoms with Crippen molar-refractivity contribution in [2.45, 2.75) is 13.8 Å². The monoisotopic (exact) mass is 406 g/mol. The van der Waals surface area contributed by atoms with Gasteiger partial charge in [-0.05, 0) is 50.2 Å². The van der Waals surface area contributed by atoms with E-state index in [2.05, 4.69) is 34.4 Å². The number of carbonyl (C=O) groups is 1. The Bertz CT molecular complexity index is 862. The first-order valence-corrected chi connectivity index (χ1v) is 8.48. The van der Waals surface area contributed by atoms with E-state index in [-0.39, 0.29) is 30.8 Å². The van der Waals surface area contributed by atoms with E-state index in [4.69, 9.17) is 0 Å². The van der Waals surface area contributed by atoms with E-state index in [1.165, 1.54) is 0 Å². The molecular weight excluding hydrogens is 383 g/mol. The number of urea groups is 1. The number of anilines is 3. The average molecular weight is 407 g/mol. The SMILES string of the molecule is CCN(CC)c1ccc(NC(=O)Nc2ccnc3ccccc23)cc1.Cl.Cl. The number of halogens is 2. The number of aromatic nitrogens is 1. The second kappa shape index (κ2) is 10.6. The molecule has 144 valence electrons. The van der Waals surface area contributed by atoms with Crippen LogP contribution in [-0.2, 0) is 0 Å². The van der Waals surface area contributed by atoms with Gasteiger partial charge >= 0.3 is 6.03 Å². The Morgan fingerprint density at radius 3 is 2.26 bits per heavy atom. The molecule has 2 aromatic carbocycles. The number of nitrogens with zero attached hydrogens (tertiary/aromatic N) is 2. The summed E-state index contributed by atoms with van der Waals surface area (Å²) in [5.41, 5.74) is 3.49. The summed E-state index contributed by atoms with van der Waals surface area (Å²) in [6.45, 7) is 6.17. The Kier molecular flexibility index (Phi) is 8.85. The lowest BCUT2D eigenvalue weighted by atomic mass is 10.2. The van der Waals surface area contributed by atoms with Crippen LogP contribution in [0.2, 0.25) is 0 Å². The molecule has 0 radical (unpaired) electrons. The summed E-state index contributed by atoms with van der Waals surface area (Å²) >= 11 is 0. The molecule has 7 heteroatoms. The number of amides is 2. The van der Waals surface area contributed by atoms with Crippen LogP contribution in [0.5, 0.6) is 0 Å². The third-order valence-electron chi connectivity index (χ3n) is 4.15. The molecule has 2 N–H and O–H groups in total. The van der Waals surface area contributed by atoms with Crippen molar-refractivity contribution in [2.75, 3.05) is 28.6 Å². The summed E-state index contributed by atoms with van der Waals surface area (Å²) in [6, 6.07) is 17.1. The summed E-state index contributed by atoms with van der Waals surface area (Å²) in [5.74, 6) is 0. The number of carbonyl (C=O) groups excluding carboxylic acids is 1. The highest BCUT2D eigenvalue weighted by Crippen LogP contribution is 2.22. The number of fused-ring (bicyclic) bond motifs is 1. The highest BCUT2D eigenvalue weighted by molar-refractivity contribution is 6.05. The second-order valence-corrected chi connectivity index (χ2v) is 5.67. The quantitative estimate of drug-likeness (QED) is 0.582.